The summed E-state index contributed by atoms with van der Waals surface area (Å²) in [6.07, 6.45) is 4.91. The molecule has 0 saturated carbocycles. The van der Waals surface area contributed by atoms with E-state index in [4.69, 9.17) is 10.5 Å². The van der Waals surface area contributed by atoms with E-state index in [1.165, 1.54) is 6.42 Å². The number of amides is 1. The fourth-order valence-corrected chi connectivity index (χ4v) is 1.64. The Morgan fingerprint density at radius 1 is 1.60 bits per heavy atom. The van der Waals surface area contributed by atoms with Crippen LogP contribution in [0.1, 0.15) is 39.0 Å². The minimum absolute atomic E-state index is 0.0847. The highest BCUT2D eigenvalue weighted by atomic mass is 16.5. The van der Waals surface area contributed by atoms with Crippen molar-refractivity contribution in [2.24, 2.45) is 5.73 Å². The summed E-state index contributed by atoms with van der Waals surface area (Å²) >= 11 is 0. The van der Waals surface area contributed by atoms with Crippen molar-refractivity contribution in [1.29, 1.82) is 0 Å². The predicted octanol–water partition coefficient (Wildman–Crippen LogP) is 0.799. The van der Waals surface area contributed by atoms with E-state index in [1.807, 2.05) is 6.92 Å². The van der Waals surface area contributed by atoms with Gasteiger partial charge < -0.3 is 15.8 Å². The highest BCUT2D eigenvalue weighted by molar-refractivity contribution is 5.75. The van der Waals surface area contributed by atoms with E-state index in [0.717, 1.165) is 25.9 Å². The molecule has 0 aromatic carbocycles. The van der Waals surface area contributed by atoms with E-state index < -0.39 is 0 Å². The number of hydrogen-bond donors (Lipinski definition) is 2. The van der Waals surface area contributed by atoms with Crippen molar-refractivity contribution in [3.05, 3.63) is 0 Å². The van der Waals surface area contributed by atoms with E-state index >= 15 is 0 Å². The molecule has 1 amide bonds. The van der Waals surface area contributed by atoms with Gasteiger partial charge in [-0.25, -0.2) is 0 Å². The first-order chi connectivity index (χ1) is 7.18. The van der Waals surface area contributed by atoms with Crippen LogP contribution in [-0.4, -0.2) is 31.2 Å². The van der Waals surface area contributed by atoms with E-state index in [1.54, 1.807) is 0 Å². The van der Waals surface area contributed by atoms with Gasteiger partial charge in [0.25, 0.3) is 0 Å². The lowest BCUT2D eigenvalue weighted by Gasteiger charge is -2.22. The van der Waals surface area contributed by atoms with Crippen molar-refractivity contribution in [1.82, 2.24) is 5.32 Å². The molecule has 1 aliphatic rings. The zero-order chi connectivity index (χ0) is 11.1. The Morgan fingerprint density at radius 3 is 3.00 bits per heavy atom. The Bertz CT molecular complexity index is 189. The van der Waals surface area contributed by atoms with Crippen molar-refractivity contribution in [3.63, 3.8) is 0 Å². The van der Waals surface area contributed by atoms with Crippen LogP contribution in [0, 0.1) is 0 Å². The first-order valence-electron chi connectivity index (χ1n) is 5.82. The summed E-state index contributed by atoms with van der Waals surface area (Å²) in [6, 6.07) is 0.0988. The standard InChI is InChI=1S/C11H22N2O2/c1-9(12)5-6-11(14)13-8-10-4-2-3-7-15-10/h9-10H,2-8,12H2,1H3,(H,13,14). The number of carbonyl (C=O) groups is 1. The third kappa shape index (κ3) is 5.74. The maximum absolute atomic E-state index is 11.4. The lowest BCUT2D eigenvalue weighted by Crippen LogP contribution is -2.35. The van der Waals surface area contributed by atoms with Gasteiger partial charge in [0.15, 0.2) is 0 Å². The highest BCUT2D eigenvalue weighted by Crippen LogP contribution is 2.11. The smallest absolute Gasteiger partial charge is 0.220 e. The van der Waals surface area contributed by atoms with Gasteiger partial charge in [0.05, 0.1) is 6.10 Å². The maximum Gasteiger partial charge on any atom is 0.220 e. The van der Waals surface area contributed by atoms with Gasteiger partial charge in [-0.3, -0.25) is 4.79 Å². The lowest BCUT2D eigenvalue weighted by atomic mass is 10.1. The first-order valence-corrected chi connectivity index (χ1v) is 5.82. The Labute approximate surface area is 91.5 Å². The highest BCUT2D eigenvalue weighted by Gasteiger charge is 2.14. The molecular formula is C11H22N2O2. The summed E-state index contributed by atoms with van der Waals surface area (Å²) < 4.78 is 5.51. The monoisotopic (exact) mass is 214 g/mol. The van der Waals surface area contributed by atoms with Gasteiger partial charge >= 0.3 is 0 Å². The molecule has 15 heavy (non-hydrogen) atoms. The van der Waals surface area contributed by atoms with Crippen LogP contribution in [0.2, 0.25) is 0 Å². The van der Waals surface area contributed by atoms with Gasteiger partial charge in [-0.2, -0.15) is 0 Å². The molecule has 1 heterocycles. The average molecular weight is 214 g/mol. The van der Waals surface area contributed by atoms with E-state index in [-0.39, 0.29) is 18.1 Å². The summed E-state index contributed by atoms with van der Waals surface area (Å²) in [4.78, 5) is 11.4. The molecule has 0 radical (unpaired) electrons. The molecule has 3 N–H and O–H groups in total. The van der Waals surface area contributed by atoms with Gasteiger partial charge in [-0.1, -0.05) is 0 Å². The Hall–Kier alpha value is -0.610. The predicted molar refractivity (Wildman–Crippen MR) is 59.5 cm³/mol. The second-order valence-corrected chi connectivity index (χ2v) is 4.31. The van der Waals surface area contributed by atoms with Crippen molar-refractivity contribution < 1.29 is 9.53 Å². The zero-order valence-corrected chi connectivity index (χ0v) is 9.50. The van der Waals surface area contributed by atoms with Crippen molar-refractivity contribution in [2.75, 3.05) is 13.2 Å². The summed E-state index contributed by atoms with van der Waals surface area (Å²) in [5, 5.41) is 2.89. The molecule has 0 bridgehead atoms. The van der Waals surface area contributed by atoms with E-state index in [0.29, 0.717) is 13.0 Å². The number of ether oxygens (including phenoxy) is 1. The topological polar surface area (TPSA) is 64.4 Å². The Balaban J connectivity index is 2.05. The molecule has 1 saturated heterocycles. The summed E-state index contributed by atoms with van der Waals surface area (Å²) in [6.45, 7) is 3.40. The van der Waals surface area contributed by atoms with Gasteiger partial charge in [0.1, 0.15) is 0 Å². The zero-order valence-electron chi connectivity index (χ0n) is 9.50. The van der Waals surface area contributed by atoms with Crippen molar-refractivity contribution in [3.8, 4) is 0 Å². The molecule has 0 aromatic heterocycles. The molecule has 1 rings (SSSR count). The molecule has 2 atom stereocenters. The number of carbonyl (C=O) groups excluding carboxylic acids is 1. The molecule has 0 aromatic rings. The first kappa shape index (κ1) is 12.5. The van der Waals surface area contributed by atoms with Crippen molar-refractivity contribution in [2.45, 2.75) is 51.2 Å². The van der Waals surface area contributed by atoms with Gasteiger partial charge in [-0.15, -0.1) is 0 Å². The van der Waals surface area contributed by atoms with Gasteiger partial charge in [0, 0.05) is 25.6 Å². The molecule has 2 unspecified atom stereocenters. The summed E-state index contributed by atoms with van der Waals surface area (Å²) in [5.74, 6) is 0.0847. The van der Waals surface area contributed by atoms with Crippen LogP contribution >= 0.6 is 0 Å². The normalized spacial score (nSPS) is 23.5. The molecule has 88 valence electrons. The largest absolute Gasteiger partial charge is 0.376 e. The number of nitrogens with one attached hydrogen (secondary N) is 1. The summed E-state index contributed by atoms with van der Waals surface area (Å²) in [5.41, 5.74) is 5.57. The van der Waals surface area contributed by atoms with Crippen LogP contribution in [0.15, 0.2) is 0 Å². The molecule has 1 fully saturated rings. The van der Waals surface area contributed by atoms with Crippen LogP contribution in [0.25, 0.3) is 0 Å². The molecule has 0 aliphatic carbocycles. The quantitative estimate of drug-likeness (QED) is 0.711. The minimum Gasteiger partial charge on any atom is -0.376 e. The number of rotatable bonds is 5. The van der Waals surface area contributed by atoms with Crippen LogP contribution in [0.4, 0.5) is 0 Å². The van der Waals surface area contributed by atoms with Crippen LogP contribution in [0.3, 0.4) is 0 Å². The Morgan fingerprint density at radius 2 is 2.40 bits per heavy atom. The second kappa shape index (κ2) is 6.80. The SMILES string of the molecule is CC(N)CCC(=O)NCC1CCCCO1. The van der Waals surface area contributed by atoms with E-state index in [2.05, 4.69) is 5.32 Å². The fraction of sp³-hybridized carbons (Fsp3) is 0.909. The minimum atomic E-state index is 0.0847. The number of nitrogens with two attached hydrogens (primary N) is 1. The average Bonchev–Trinajstić information content (AvgIpc) is 2.25. The number of hydrogen-bond acceptors (Lipinski definition) is 3. The van der Waals surface area contributed by atoms with Gasteiger partial charge in [-0.05, 0) is 32.6 Å². The van der Waals surface area contributed by atoms with Gasteiger partial charge in [0.2, 0.25) is 5.91 Å². The Kier molecular flexibility index (Phi) is 5.65. The third-order valence-electron chi connectivity index (χ3n) is 2.63. The molecule has 4 nitrogen and oxygen atoms in total. The molecule has 4 heteroatoms. The van der Waals surface area contributed by atoms with Crippen molar-refractivity contribution >= 4 is 5.91 Å². The van der Waals surface area contributed by atoms with Crippen LogP contribution in [-0.2, 0) is 9.53 Å². The van der Waals surface area contributed by atoms with E-state index in [9.17, 15) is 4.79 Å². The van der Waals surface area contributed by atoms with Crippen LogP contribution in [0.5, 0.6) is 0 Å². The lowest BCUT2D eigenvalue weighted by molar-refractivity contribution is -0.122. The maximum atomic E-state index is 11.4. The molecule has 0 spiro atoms. The third-order valence-corrected chi connectivity index (χ3v) is 2.63. The molecular weight excluding hydrogens is 192 g/mol. The van der Waals surface area contributed by atoms with Crippen LogP contribution < -0.4 is 11.1 Å². The second-order valence-electron chi connectivity index (χ2n) is 4.31. The molecule has 1 aliphatic heterocycles. The fourth-order valence-electron chi connectivity index (χ4n) is 1.64. The summed E-state index contributed by atoms with van der Waals surface area (Å²) in [7, 11) is 0.